The molecule has 7 nitrogen and oxygen atoms in total. The number of aromatic nitrogens is 2. The molecule has 31 heavy (non-hydrogen) atoms. The minimum absolute atomic E-state index is 0.230. The second-order valence-electron chi connectivity index (χ2n) is 6.78. The van der Waals surface area contributed by atoms with Gasteiger partial charge in [-0.15, -0.1) is 0 Å². The van der Waals surface area contributed by atoms with Crippen LogP contribution in [0.1, 0.15) is 22.4 Å². The van der Waals surface area contributed by atoms with Gasteiger partial charge < -0.3 is 11.1 Å². The van der Waals surface area contributed by atoms with E-state index >= 15 is 0 Å². The van der Waals surface area contributed by atoms with Gasteiger partial charge in [0.25, 0.3) is 0 Å². The number of pyridine rings is 2. The highest BCUT2D eigenvalue weighted by molar-refractivity contribution is 6.46. The van der Waals surface area contributed by atoms with Crippen LogP contribution in [-0.2, 0) is 6.54 Å². The molecule has 3 heterocycles. The minimum atomic E-state index is 0.230. The Labute approximate surface area is 179 Å². The lowest BCUT2D eigenvalue weighted by atomic mass is 9.89. The van der Waals surface area contributed by atoms with Crippen molar-refractivity contribution in [1.29, 1.82) is 10.7 Å². The number of nitrogens with one attached hydrogen (secondary N) is 2. The molecule has 0 atom stereocenters. The molecule has 0 amide bonds. The van der Waals surface area contributed by atoms with Crippen molar-refractivity contribution in [1.82, 2.24) is 15.3 Å². The number of hydrogen-bond acceptors (Lipinski definition) is 7. The number of nitrogens with zero attached hydrogens (tertiary/aromatic N) is 4. The van der Waals surface area contributed by atoms with Gasteiger partial charge in [0, 0.05) is 35.9 Å². The Bertz CT molecular complexity index is 1250. The maximum atomic E-state index is 9.28. The molecule has 1 aliphatic heterocycles. The predicted molar refractivity (Wildman–Crippen MR) is 121 cm³/mol. The molecular formula is C24H19N7. The summed E-state index contributed by atoms with van der Waals surface area (Å²) in [4.78, 5) is 13.0. The van der Waals surface area contributed by atoms with Crippen LogP contribution in [0.3, 0.4) is 0 Å². The lowest BCUT2D eigenvalue weighted by Gasteiger charge is -2.22. The highest BCUT2D eigenvalue weighted by Gasteiger charge is 2.26. The van der Waals surface area contributed by atoms with E-state index in [0.717, 1.165) is 16.8 Å². The van der Waals surface area contributed by atoms with Gasteiger partial charge in [0.15, 0.2) is 0 Å². The smallest absolute Gasteiger partial charge is 0.135 e. The average molecular weight is 405 g/mol. The standard InChI is InChI=1S/C24H19N7/c25-13-16-4-3-5-18(12-16)23-21(17-7-10-28-11-8-17)22(26)20(24(27)31-23)15-29-14-19-6-1-2-9-30-19/h1-12,15,26,29H,14H2,(H2,27,31)/b20-15+,26-22?. The second-order valence-corrected chi connectivity index (χ2v) is 6.78. The molecule has 0 spiro atoms. The summed E-state index contributed by atoms with van der Waals surface area (Å²) in [6.07, 6.45) is 6.76. The van der Waals surface area contributed by atoms with E-state index in [1.54, 1.807) is 43.0 Å². The van der Waals surface area contributed by atoms with Gasteiger partial charge in [0.2, 0.25) is 0 Å². The van der Waals surface area contributed by atoms with Crippen LogP contribution >= 0.6 is 0 Å². The highest BCUT2D eigenvalue weighted by Crippen LogP contribution is 2.34. The van der Waals surface area contributed by atoms with Crippen molar-refractivity contribution in [3.8, 4) is 6.07 Å². The number of nitrogens with two attached hydrogens (primary N) is 1. The van der Waals surface area contributed by atoms with Crippen molar-refractivity contribution in [3.63, 3.8) is 0 Å². The van der Waals surface area contributed by atoms with Gasteiger partial charge in [-0.2, -0.15) is 5.26 Å². The van der Waals surface area contributed by atoms with Crippen LogP contribution in [0.2, 0.25) is 0 Å². The van der Waals surface area contributed by atoms with Crippen molar-refractivity contribution in [2.24, 2.45) is 10.7 Å². The molecule has 4 rings (SSSR count). The molecule has 0 saturated carbocycles. The predicted octanol–water partition coefficient (Wildman–Crippen LogP) is 3.28. The number of rotatable bonds is 5. The number of benzene rings is 1. The molecule has 0 saturated heterocycles. The largest absolute Gasteiger partial charge is 0.385 e. The summed E-state index contributed by atoms with van der Waals surface area (Å²) in [5.41, 5.74) is 11.1. The number of amidine groups is 1. The third-order valence-corrected chi connectivity index (χ3v) is 4.75. The zero-order chi connectivity index (χ0) is 21.6. The van der Waals surface area contributed by atoms with E-state index in [9.17, 15) is 5.26 Å². The summed E-state index contributed by atoms with van der Waals surface area (Å²) < 4.78 is 0. The first-order valence-corrected chi connectivity index (χ1v) is 9.60. The summed E-state index contributed by atoms with van der Waals surface area (Å²) in [5, 5.41) is 21.4. The van der Waals surface area contributed by atoms with E-state index < -0.39 is 0 Å². The molecule has 1 aromatic carbocycles. The van der Waals surface area contributed by atoms with Crippen LogP contribution in [0.4, 0.5) is 0 Å². The third kappa shape index (κ3) is 4.23. The maximum absolute atomic E-state index is 9.28. The molecular weight excluding hydrogens is 386 g/mol. The number of aliphatic imine (C=N–C) groups is 1. The number of nitriles is 1. The Hall–Kier alpha value is -4.57. The topological polar surface area (TPSA) is 124 Å². The van der Waals surface area contributed by atoms with Crippen molar-refractivity contribution < 1.29 is 0 Å². The van der Waals surface area contributed by atoms with Gasteiger partial charge >= 0.3 is 0 Å². The molecule has 0 fully saturated rings. The summed E-state index contributed by atoms with van der Waals surface area (Å²) in [7, 11) is 0. The van der Waals surface area contributed by atoms with Crippen LogP contribution < -0.4 is 11.1 Å². The fourth-order valence-corrected chi connectivity index (χ4v) is 3.27. The first kappa shape index (κ1) is 19.7. The van der Waals surface area contributed by atoms with E-state index in [1.807, 2.05) is 36.4 Å². The average Bonchev–Trinajstić information content (AvgIpc) is 2.82. The molecule has 1 aliphatic rings. The maximum Gasteiger partial charge on any atom is 0.135 e. The minimum Gasteiger partial charge on any atom is -0.385 e. The van der Waals surface area contributed by atoms with Crippen LogP contribution in [0.25, 0.3) is 11.3 Å². The van der Waals surface area contributed by atoms with Gasteiger partial charge in [-0.25, -0.2) is 4.99 Å². The summed E-state index contributed by atoms with van der Waals surface area (Å²) >= 11 is 0. The van der Waals surface area contributed by atoms with Crippen molar-refractivity contribution in [2.75, 3.05) is 0 Å². The molecule has 0 aliphatic carbocycles. The Morgan fingerprint density at radius 2 is 1.87 bits per heavy atom. The molecule has 0 bridgehead atoms. The number of allylic oxidation sites excluding steroid dienone is 1. The molecule has 150 valence electrons. The van der Waals surface area contributed by atoms with Gasteiger partial charge in [-0.05, 0) is 42.0 Å². The first-order chi connectivity index (χ1) is 15.2. The Balaban J connectivity index is 1.76. The van der Waals surface area contributed by atoms with Crippen molar-refractivity contribution >= 4 is 22.8 Å². The Kier molecular flexibility index (Phi) is 5.63. The van der Waals surface area contributed by atoms with Crippen LogP contribution in [0, 0.1) is 16.7 Å². The zero-order valence-corrected chi connectivity index (χ0v) is 16.6. The van der Waals surface area contributed by atoms with Crippen molar-refractivity contribution in [3.05, 3.63) is 107 Å². The van der Waals surface area contributed by atoms with Gasteiger partial charge in [-0.1, -0.05) is 18.2 Å². The lowest BCUT2D eigenvalue weighted by molar-refractivity contribution is 0.834. The molecule has 2 aromatic heterocycles. The molecule has 0 unspecified atom stereocenters. The van der Waals surface area contributed by atoms with Gasteiger partial charge in [0.05, 0.1) is 40.9 Å². The second kappa shape index (κ2) is 8.84. The summed E-state index contributed by atoms with van der Waals surface area (Å²) in [5.74, 6) is 0.230. The quantitative estimate of drug-likeness (QED) is 0.601. The van der Waals surface area contributed by atoms with Gasteiger partial charge in [0.1, 0.15) is 5.84 Å². The molecule has 4 N–H and O–H groups in total. The number of hydrogen-bond donors (Lipinski definition) is 3. The lowest BCUT2D eigenvalue weighted by Crippen LogP contribution is -2.27. The monoisotopic (exact) mass is 405 g/mol. The molecule has 3 aromatic rings. The van der Waals surface area contributed by atoms with Crippen molar-refractivity contribution in [2.45, 2.75) is 6.54 Å². The Morgan fingerprint density at radius 1 is 1.03 bits per heavy atom. The zero-order valence-electron chi connectivity index (χ0n) is 16.6. The van der Waals surface area contributed by atoms with Crippen LogP contribution in [0.5, 0.6) is 0 Å². The Morgan fingerprint density at radius 3 is 2.61 bits per heavy atom. The summed E-state index contributed by atoms with van der Waals surface area (Å²) in [6, 6.07) is 18.6. The third-order valence-electron chi connectivity index (χ3n) is 4.75. The van der Waals surface area contributed by atoms with E-state index in [2.05, 4.69) is 26.3 Å². The molecule has 0 radical (unpaired) electrons. The van der Waals surface area contributed by atoms with E-state index in [0.29, 0.717) is 29.0 Å². The van der Waals surface area contributed by atoms with E-state index in [-0.39, 0.29) is 11.5 Å². The van der Waals surface area contributed by atoms with Crippen LogP contribution in [-0.4, -0.2) is 21.5 Å². The highest BCUT2D eigenvalue weighted by atomic mass is 14.9. The fourth-order valence-electron chi connectivity index (χ4n) is 3.27. The fraction of sp³-hybridized carbons (Fsp3) is 0.0417. The first-order valence-electron chi connectivity index (χ1n) is 9.60. The normalized spacial score (nSPS) is 14.9. The van der Waals surface area contributed by atoms with Crippen LogP contribution in [0.15, 0.2) is 90.0 Å². The van der Waals surface area contributed by atoms with Gasteiger partial charge in [-0.3, -0.25) is 15.4 Å². The SMILES string of the molecule is N#Cc1cccc(C2=C(c3ccncc3)C(=N)/C(=C\NCc3ccccn3)C(N)=N2)c1. The molecule has 7 heteroatoms. The van der Waals surface area contributed by atoms with E-state index in [1.165, 1.54) is 0 Å². The van der Waals surface area contributed by atoms with E-state index in [4.69, 9.17) is 11.1 Å². The summed E-state index contributed by atoms with van der Waals surface area (Å²) in [6.45, 7) is 0.496.